The van der Waals surface area contributed by atoms with Crippen LogP contribution in [-0.2, 0) is 9.30 Å². The Bertz CT molecular complexity index is 442. The van der Waals surface area contributed by atoms with Gasteiger partial charge in [-0.15, -0.1) is 0 Å². The van der Waals surface area contributed by atoms with Crippen molar-refractivity contribution in [1.82, 2.24) is 0 Å². The van der Waals surface area contributed by atoms with E-state index in [1.54, 1.807) is 0 Å². The van der Waals surface area contributed by atoms with E-state index in [1.165, 1.54) is 0 Å². The van der Waals surface area contributed by atoms with Gasteiger partial charge < -0.3 is 40.1 Å². The van der Waals surface area contributed by atoms with Crippen molar-refractivity contribution >= 4 is 7.60 Å². The summed E-state index contributed by atoms with van der Waals surface area (Å²) in [5, 5.41) is 48.5. The predicted octanol–water partition coefficient (Wildman–Crippen LogP) is 0.268. The Balaban J connectivity index is 1.97. The molecule has 0 aromatic carbocycles. The van der Waals surface area contributed by atoms with Crippen molar-refractivity contribution in [2.45, 2.75) is 101 Å². The van der Waals surface area contributed by atoms with Crippen molar-refractivity contribution in [3.8, 4) is 0 Å². The second-order valence-electron chi connectivity index (χ2n) is 7.71. The standard InChI is InChI=1S/C18H37O9P/c19-13-14(20)16(22)18(17(23)15(13)21)27-11-9-7-5-3-1-2-4-6-8-10-12-28(24,25)26/h13-23H,1-12H2,(H2,24,25,26)/t13?,14-,15+,16-,17-,18?/m0/s1. The first-order valence-electron chi connectivity index (χ1n) is 10.2. The highest BCUT2D eigenvalue weighted by molar-refractivity contribution is 7.51. The van der Waals surface area contributed by atoms with Crippen LogP contribution >= 0.6 is 7.60 Å². The molecule has 0 radical (unpaired) electrons. The maximum absolute atomic E-state index is 10.7. The topological polar surface area (TPSA) is 168 Å². The van der Waals surface area contributed by atoms with Crippen LogP contribution in [0.1, 0.15) is 64.2 Å². The minimum Gasteiger partial charge on any atom is -0.387 e. The summed E-state index contributed by atoms with van der Waals surface area (Å²) in [5.41, 5.74) is 0. The van der Waals surface area contributed by atoms with Crippen molar-refractivity contribution in [1.29, 1.82) is 0 Å². The third kappa shape index (κ3) is 9.61. The molecule has 6 atom stereocenters. The fraction of sp³-hybridized carbons (Fsp3) is 1.00. The van der Waals surface area contributed by atoms with Crippen LogP contribution in [0, 0.1) is 0 Å². The van der Waals surface area contributed by atoms with Gasteiger partial charge in [0.2, 0.25) is 0 Å². The van der Waals surface area contributed by atoms with E-state index in [9.17, 15) is 30.1 Å². The van der Waals surface area contributed by atoms with Gasteiger partial charge >= 0.3 is 7.60 Å². The van der Waals surface area contributed by atoms with Crippen molar-refractivity contribution in [2.75, 3.05) is 12.8 Å². The zero-order chi connectivity index (χ0) is 21.2. The third-order valence-electron chi connectivity index (χ3n) is 5.23. The van der Waals surface area contributed by atoms with Gasteiger partial charge in [0.15, 0.2) is 0 Å². The monoisotopic (exact) mass is 428 g/mol. The highest BCUT2D eigenvalue weighted by atomic mass is 31.2. The average molecular weight is 428 g/mol. The molecule has 9 nitrogen and oxygen atoms in total. The zero-order valence-corrected chi connectivity index (χ0v) is 17.2. The van der Waals surface area contributed by atoms with Crippen LogP contribution in [0.25, 0.3) is 0 Å². The van der Waals surface area contributed by atoms with Gasteiger partial charge in [0, 0.05) is 12.8 Å². The Morgan fingerprint density at radius 2 is 0.929 bits per heavy atom. The first kappa shape index (κ1) is 25.9. The molecule has 1 rings (SSSR count). The molecule has 1 aliphatic rings. The van der Waals surface area contributed by atoms with E-state index in [-0.39, 0.29) is 12.8 Å². The molecule has 7 N–H and O–H groups in total. The number of unbranched alkanes of at least 4 members (excludes halogenated alkanes) is 9. The molecule has 168 valence electrons. The van der Waals surface area contributed by atoms with Crippen LogP contribution in [0.4, 0.5) is 0 Å². The predicted molar refractivity (Wildman–Crippen MR) is 103 cm³/mol. The molecule has 0 heterocycles. The summed E-state index contributed by atoms with van der Waals surface area (Å²) in [5.74, 6) is 0. The summed E-state index contributed by atoms with van der Waals surface area (Å²) >= 11 is 0. The zero-order valence-electron chi connectivity index (χ0n) is 16.3. The molecule has 0 aliphatic heterocycles. The molecular formula is C18H37O9P. The van der Waals surface area contributed by atoms with Crippen molar-refractivity contribution in [2.24, 2.45) is 0 Å². The van der Waals surface area contributed by atoms with Gasteiger partial charge in [-0.25, -0.2) is 0 Å². The molecule has 28 heavy (non-hydrogen) atoms. The van der Waals surface area contributed by atoms with Crippen LogP contribution < -0.4 is 0 Å². The van der Waals surface area contributed by atoms with Gasteiger partial charge in [-0.3, -0.25) is 4.57 Å². The van der Waals surface area contributed by atoms with Crippen LogP contribution in [0.5, 0.6) is 0 Å². The lowest BCUT2D eigenvalue weighted by molar-refractivity contribution is -0.235. The molecule has 2 unspecified atom stereocenters. The molecule has 1 saturated carbocycles. The molecule has 0 saturated heterocycles. The Labute approximate surface area is 166 Å². The van der Waals surface area contributed by atoms with Crippen LogP contribution in [0.3, 0.4) is 0 Å². The van der Waals surface area contributed by atoms with E-state index in [2.05, 4.69) is 0 Å². The fourth-order valence-corrected chi connectivity index (χ4v) is 4.08. The van der Waals surface area contributed by atoms with Crippen molar-refractivity contribution < 1.29 is 44.6 Å². The molecule has 1 aliphatic carbocycles. The number of hydrogen-bond donors (Lipinski definition) is 7. The Kier molecular flexibility index (Phi) is 12.3. The minimum absolute atomic E-state index is 0.0253. The van der Waals surface area contributed by atoms with Gasteiger partial charge in [0.25, 0.3) is 0 Å². The van der Waals surface area contributed by atoms with Gasteiger partial charge in [0.1, 0.15) is 36.6 Å². The lowest BCUT2D eigenvalue weighted by Crippen LogP contribution is -2.64. The largest absolute Gasteiger partial charge is 0.387 e. The van der Waals surface area contributed by atoms with E-state index >= 15 is 0 Å². The minimum atomic E-state index is -3.84. The molecular weight excluding hydrogens is 391 g/mol. The molecule has 0 bridgehead atoms. The molecule has 0 aromatic rings. The Morgan fingerprint density at radius 3 is 1.36 bits per heavy atom. The van der Waals surface area contributed by atoms with E-state index < -0.39 is 44.2 Å². The molecule has 1 fully saturated rings. The lowest BCUT2D eigenvalue weighted by Gasteiger charge is -2.41. The molecule has 0 spiro atoms. The normalized spacial score (nSPS) is 31.2. The third-order valence-corrected chi connectivity index (χ3v) is 6.13. The van der Waals surface area contributed by atoms with E-state index in [4.69, 9.17) is 14.5 Å². The molecule has 10 heteroatoms. The average Bonchev–Trinajstić information content (AvgIpc) is 2.63. The summed E-state index contributed by atoms with van der Waals surface area (Å²) in [7, 11) is -3.84. The maximum Gasteiger partial charge on any atom is 0.325 e. The summed E-state index contributed by atoms with van der Waals surface area (Å²) in [6, 6.07) is 0. The molecule has 0 amide bonds. The van der Waals surface area contributed by atoms with Crippen LogP contribution in [0.2, 0.25) is 0 Å². The number of ether oxygens (including phenoxy) is 1. The summed E-state index contributed by atoms with van der Waals surface area (Å²) < 4.78 is 16.1. The Morgan fingerprint density at radius 1 is 0.571 bits per heavy atom. The van der Waals surface area contributed by atoms with Gasteiger partial charge in [0.05, 0.1) is 0 Å². The maximum atomic E-state index is 10.7. The van der Waals surface area contributed by atoms with Gasteiger partial charge in [-0.05, 0) is 12.8 Å². The Hall–Kier alpha value is -0.0900. The highest BCUT2D eigenvalue weighted by Crippen LogP contribution is 2.35. The van der Waals surface area contributed by atoms with Gasteiger partial charge in [-0.1, -0.05) is 51.4 Å². The SMILES string of the molecule is O=P(O)(O)CCCCCCCCCCCCOC1[C@@H](O)[C@H](O)C(O)[C@H](O)[C@@H]1O. The molecule has 0 aromatic heterocycles. The van der Waals surface area contributed by atoms with Crippen molar-refractivity contribution in [3.63, 3.8) is 0 Å². The quantitative estimate of drug-likeness (QED) is 0.152. The summed E-state index contributed by atoms with van der Waals surface area (Å²) in [6.07, 6.45) is 0.696. The summed E-state index contributed by atoms with van der Waals surface area (Å²) in [4.78, 5) is 17.5. The summed E-state index contributed by atoms with van der Waals surface area (Å²) in [6.45, 7) is 0.286. The van der Waals surface area contributed by atoms with E-state index in [0.29, 0.717) is 6.42 Å². The second kappa shape index (κ2) is 13.3. The first-order chi connectivity index (χ1) is 13.1. The highest BCUT2D eigenvalue weighted by Gasteiger charge is 2.48. The fourth-order valence-electron chi connectivity index (χ4n) is 3.45. The van der Waals surface area contributed by atoms with E-state index in [0.717, 1.165) is 57.8 Å². The van der Waals surface area contributed by atoms with Crippen LogP contribution in [-0.4, -0.2) is 84.7 Å². The van der Waals surface area contributed by atoms with Crippen molar-refractivity contribution in [3.05, 3.63) is 0 Å². The van der Waals surface area contributed by atoms with Crippen LogP contribution in [0.15, 0.2) is 0 Å². The van der Waals surface area contributed by atoms with Gasteiger partial charge in [-0.2, -0.15) is 0 Å². The smallest absolute Gasteiger partial charge is 0.325 e. The number of hydrogen-bond acceptors (Lipinski definition) is 7. The number of aliphatic hydroxyl groups excluding tert-OH is 5. The number of rotatable bonds is 14. The lowest BCUT2D eigenvalue weighted by atomic mass is 9.85. The number of aliphatic hydroxyl groups is 5. The second-order valence-corrected chi connectivity index (χ2v) is 9.49. The first-order valence-corrected chi connectivity index (χ1v) is 12.0. The van der Waals surface area contributed by atoms with E-state index in [1.807, 2.05) is 0 Å².